The van der Waals surface area contributed by atoms with Crippen molar-refractivity contribution < 1.29 is 0 Å². The molecule has 0 atom stereocenters. The summed E-state index contributed by atoms with van der Waals surface area (Å²) in [4.78, 5) is 2.51. The van der Waals surface area contributed by atoms with Gasteiger partial charge in [-0.05, 0) is 50.5 Å². The quantitative estimate of drug-likeness (QED) is 0.742. The van der Waals surface area contributed by atoms with Gasteiger partial charge in [-0.1, -0.05) is 23.7 Å². The molecule has 1 N–H and O–H groups in total. The lowest BCUT2D eigenvalue weighted by Gasteiger charge is -2.32. The van der Waals surface area contributed by atoms with Crippen LogP contribution in [0.4, 0.5) is 0 Å². The van der Waals surface area contributed by atoms with Crippen LogP contribution >= 0.6 is 11.6 Å². The van der Waals surface area contributed by atoms with Crippen molar-refractivity contribution in [3.63, 3.8) is 0 Å². The van der Waals surface area contributed by atoms with Crippen molar-refractivity contribution in [2.24, 2.45) is 0 Å². The van der Waals surface area contributed by atoms with Gasteiger partial charge in [0.25, 0.3) is 0 Å². The summed E-state index contributed by atoms with van der Waals surface area (Å²) in [6.45, 7) is 7.28. The largest absolute Gasteiger partial charge is 0.299 e. The van der Waals surface area contributed by atoms with Crippen molar-refractivity contribution in [1.82, 2.24) is 24.9 Å². The zero-order valence-electron chi connectivity index (χ0n) is 15.2. The van der Waals surface area contributed by atoms with Gasteiger partial charge in [0, 0.05) is 35.9 Å². The van der Waals surface area contributed by atoms with Crippen LogP contribution in [0, 0.1) is 13.8 Å². The van der Waals surface area contributed by atoms with E-state index in [0.29, 0.717) is 6.04 Å². The number of likely N-dealkylation sites (tertiary alicyclic amines) is 1. The molecular weight excluding hydrogens is 346 g/mol. The highest BCUT2D eigenvalue weighted by atomic mass is 35.5. The molecule has 0 radical (unpaired) electrons. The Morgan fingerprint density at radius 1 is 1.15 bits per heavy atom. The van der Waals surface area contributed by atoms with Crippen molar-refractivity contribution >= 4 is 11.6 Å². The lowest BCUT2D eigenvalue weighted by Crippen LogP contribution is -2.34. The minimum absolute atomic E-state index is 0.514. The Morgan fingerprint density at radius 2 is 1.88 bits per heavy atom. The molecule has 0 amide bonds. The molecule has 0 saturated carbocycles. The van der Waals surface area contributed by atoms with Crippen molar-refractivity contribution in [3.05, 3.63) is 58.5 Å². The van der Waals surface area contributed by atoms with Crippen molar-refractivity contribution in [2.45, 2.75) is 39.3 Å². The second-order valence-corrected chi connectivity index (χ2v) is 7.59. The topological polar surface area (TPSA) is 49.7 Å². The van der Waals surface area contributed by atoms with Gasteiger partial charge in [0.15, 0.2) is 0 Å². The molecule has 4 rings (SSSR count). The Balaban J connectivity index is 1.42. The summed E-state index contributed by atoms with van der Waals surface area (Å²) in [5.74, 6) is 0. The van der Waals surface area contributed by atoms with Gasteiger partial charge in [0.2, 0.25) is 0 Å². The summed E-state index contributed by atoms with van der Waals surface area (Å²) in [6.07, 6.45) is 4.21. The third-order valence-electron chi connectivity index (χ3n) is 5.19. The van der Waals surface area contributed by atoms with Crippen LogP contribution in [0.1, 0.15) is 35.8 Å². The summed E-state index contributed by atoms with van der Waals surface area (Å²) >= 11 is 6.00. The molecule has 26 heavy (non-hydrogen) atoms. The highest BCUT2D eigenvalue weighted by Gasteiger charge is 2.23. The van der Waals surface area contributed by atoms with Crippen LogP contribution in [0.5, 0.6) is 0 Å². The maximum Gasteiger partial charge on any atom is 0.0695 e. The molecule has 5 nitrogen and oxygen atoms in total. The standard InChI is InChI=1S/C20H24ClN5/c1-14-11-15(2)26(24-14)19-7-9-25(10-8-19)13-17-12-22-23-20(17)16-3-5-18(21)6-4-16/h3-6,11-12,19H,7-10,13H2,1-2H3,(H,22,23). The molecule has 136 valence electrons. The lowest BCUT2D eigenvalue weighted by atomic mass is 10.0. The van der Waals surface area contributed by atoms with Crippen molar-refractivity contribution in [1.29, 1.82) is 0 Å². The first-order chi connectivity index (χ1) is 12.6. The molecular formula is C20H24ClN5. The van der Waals surface area contributed by atoms with E-state index < -0.39 is 0 Å². The van der Waals surface area contributed by atoms with E-state index in [4.69, 9.17) is 11.6 Å². The van der Waals surface area contributed by atoms with Crippen LogP contribution in [0.2, 0.25) is 5.02 Å². The Labute approximate surface area is 159 Å². The maximum atomic E-state index is 6.00. The van der Waals surface area contributed by atoms with Crippen LogP contribution in [0.15, 0.2) is 36.5 Å². The predicted molar refractivity (Wildman–Crippen MR) is 104 cm³/mol. The van der Waals surface area contributed by atoms with E-state index in [2.05, 4.69) is 44.8 Å². The van der Waals surface area contributed by atoms with E-state index in [1.165, 1.54) is 11.3 Å². The Hall–Kier alpha value is -2.11. The lowest BCUT2D eigenvalue weighted by molar-refractivity contribution is 0.172. The molecule has 2 aromatic heterocycles. The number of aromatic amines is 1. The number of hydrogen-bond acceptors (Lipinski definition) is 3. The van der Waals surface area contributed by atoms with Crippen LogP contribution in [0.25, 0.3) is 11.3 Å². The predicted octanol–water partition coefficient (Wildman–Crippen LogP) is 4.38. The summed E-state index contributed by atoms with van der Waals surface area (Å²) in [7, 11) is 0. The Bertz CT molecular complexity index is 872. The smallest absolute Gasteiger partial charge is 0.0695 e. The average Bonchev–Trinajstić information content (AvgIpc) is 3.22. The number of nitrogens with one attached hydrogen (secondary N) is 1. The molecule has 3 aromatic rings. The van der Waals surface area contributed by atoms with Gasteiger partial charge in [0.05, 0.1) is 23.6 Å². The fourth-order valence-electron chi connectivity index (χ4n) is 3.88. The number of piperidine rings is 1. The van der Waals surface area contributed by atoms with Crippen LogP contribution in [0.3, 0.4) is 0 Å². The zero-order chi connectivity index (χ0) is 18.1. The fraction of sp³-hybridized carbons (Fsp3) is 0.400. The van der Waals surface area contributed by atoms with Crippen LogP contribution in [-0.2, 0) is 6.54 Å². The molecule has 0 bridgehead atoms. The van der Waals surface area contributed by atoms with Gasteiger partial charge >= 0.3 is 0 Å². The minimum Gasteiger partial charge on any atom is -0.299 e. The van der Waals surface area contributed by atoms with Crippen molar-refractivity contribution in [2.75, 3.05) is 13.1 Å². The third-order valence-corrected chi connectivity index (χ3v) is 5.44. The maximum absolute atomic E-state index is 6.00. The number of H-pyrrole nitrogens is 1. The first-order valence-corrected chi connectivity index (χ1v) is 9.51. The summed E-state index contributed by atoms with van der Waals surface area (Å²) in [5, 5.41) is 12.8. The van der Waals surface area contributed by atoms with E-state index >= 15 is 0 Å². The number of hydrogen-bond donors (Lipinski definition) is 1. The van der Waals surface area contributed by atoms with Gasteiger partial charge in [-0.2, -0.15) is 10.2 Å². The molecule has 6 heteroatoms. The highest BCUT2D eigenvalue weighted by Crippen LogP contribution is 2.27. The number of aryl methyl sites for hydroxylation is 2. The van der Waals surface area contributed by atoms with Gasteiger partial charge in [-0.25, -0.2) is 0 Å². The van der Waals surface area contributed by atoms with E-state index in [9.17, 15) is 0 Å². The van der Waals surface area contributed by atoms with E-state index in [1.807, 2.05) is 30.5 Å². The van der Waals surface area contributed by atoms with E-state index in [-0.39, 0.29) is 0 Å². The zero-order valence-corrected chi connectivity index (χ0v) is 16.0. The van der Waals surface area contributed by atoms with Crippen LogP contribution < -0.4 is 0 Å². The summed E-state index contributed by atoms with van der Waals surface area (Å²) in [6, 6.07) is 10.6. The average molecular weight is 370 g/mol. The van der Waals surface area contributed by atoms with Crippen molar-refractivity contribution in [3.8, 4) is 11.3 Å². The molecule has 0 unspecified atom stereocenters. The highest BCUT2D eigenvalue weighted by molar-refractivity contribution is 6.30. The van der Waals surface area contributed by atoms with Gasteiger partial charge in [0.1, 0.15) is 0 Å². The molecule has 1 aliphatic rings. The van der Waals surface area contributed by atoms with Crippen LogP contribution in [-0.4, -0.2) is 38.0 Å². The van der Waals surface area contributed by atoms with Gasteiger partial charge in [-0.3, -0.25) is 14.7 Å². The fourth-order valence-corrected chi connectivity index (χ4v) is 4.00. The number of rotatable bonds is 4. The van der Waals surface area contributed by atoms with E-state index in [0.717, 1.165) is 54.4 Å². The Kier molecular flexibility index (Phi) is 4.83. The molecule has 1 fully saturated rings. The Morgan fingerprint density at radius 3 is 2.54 bits per heavy atom. The number of halogens is 1. The number of benzene rings is 1. The normalized spacial score (nSPS) is 16.3. The molecule has 1 aromatic carbocycles. The molecule has 0 spiro atoms. The monoisotopic (exact) mass is 369 g/mol. The summed E-state index contributed by atoms with van der Waals surface area (Å²) in [5.41, 5.74) is 5.82. The second kappa shape index (κ2) is 7.25. The van der Waals surface area contributed by atoms with E-state index in [1.54, 1.807) is 0 Å². The third kappa shape index (κ3) is 3.55. The molecule has 1 aliphatic heterocycles. The number of nitrogens with zero attached hydrogens (tertiary/aromatic N) is 4. The first kappa shape index (κ1) is 17.3. The van der Waals surface area contributed by atoms with Gasteiger partial charge < -0.3 is 0 Å². The minimum atomic E-state index is 0.514. The number of aromatic nitrogens is 4. The molecule has 3 heterocycles. The second-order valence-electron chi connectivity index (χ2n) is 7.16. The van der Waals surface area contributed by atoms with Gasteiger partial charge in [-0.15, -0.1) is 0 Å². The molecule has 0 aliphatic carbocycles. The summed E-state index contributed by atoms with van der Waals surface area (Å²) < 4.78 is 2.21. The molecule has 1 saturated heterocycles. The SMILES string of the molecule is Cc1cc(C)n(C2CCN(Cc3cn[nH]c3-c3ccc(Cl)cc3)CC2)n1. The first-order valence-electron chi connectivity index (χ1n) is 9.13.